The second-order valence-corrected chi connectivity index (χ2v) is 4.22. The minimum atomic E-state index is 0.137. The lowest BCUT2D eigenvalue weighted by molar-refractivity contribution is -0.0120. The van der Waals surface area contributed by atoms with E-state index in [0.29, 0.717) is 18.1 Å². The van der Waals surface area contributed by atoms with Gasteiger partial charge in [0.2, 0.25) is 5.88 Å². The summed E-state index contributed by atoms with van der Waals surface area (Å²) >= 11 is 0. The number of aromatic nitrogens is 1. The van der Waals surface area contributed by atoms with E-state index in [2.05, 4.69) is 11.1 Å². The molecule has 2 heterocycles. The fraction of sp³-hybridized carbons (Fsp3) is 0.538. The van der Waals surface area contributed by atoms with Gasteiger partial charge in [0.05, 0.1) is 6.10 Å². The van der Waals surface area contributed by atoms with Crippen molar-refractivity contribution in [1.82, 2.24) is 4.98 Å². The van der Waals surface area contributed by atoms with Crippen LogP contribution in [0.5, 0.6) is 5.88 Å². The van der Waals surface area contributed by atoms with Crippen molar-refractivity contribution in [2.45, 2.75) is 32.3 Å². The SMILES string of the molecule is Cc1ccc(C#N)c(OCC2CCCCO2)n1. The second kappa shape index (κ2) is 5.65. The zero-order valence-corrected chi connectivity index (χ0v) is 9.98. The van der Waals surface area contributed by atoms with Crippen molar-refractivity contribution in [2.75, 3.05) is 13.2 Å². The minimum Gasteiger partial charge on any atom is -0.474 e. The zero-order valence-electron chi connectivity index (χ0n) is 9.98. The summed E-state index contributed by atoms with van der Waals surface area (Å²) in [5.41, 5.74) is 1.33. The number of nitriles is 1. The Morgan fingerprint density at radius 3 is 3.12 bits per heavy atom. The maximum atomic E-state index is 8.95. The van der Waals surface area contributed by atoms with Crippen LogP contribution in [0.15, 0.2) is 12.1 Å². The van der Waals surface area contributed by atoms with Crippen molar-refractivity contribution >= 4 is 0 Å². The first-order valence-corrected chi connectivity index (χ1v) is 5.92. The molecule has 4 nitrogen and oxygen atoms in total. The average Bonchev–Trinajstić information content (AvgIpc) is 2.38. The van der Waals surface area contributed by atoms with Crippen LogP contribution < -0.4 is 4.74 Å². The fourth-order valence-corrected chi connectivity index (χ4v) is 1.84. The quantitative estimate of drug-likeness (QED) is 0.801. The third kappa shape index (κ3) is 3.18. The Balaban J connectivity index is 1.98. The van der Waals surface area contributed by atoms with Crippen LogP contribution in [0.25, 0.3) is 0 Å². The van der Waals surface area contributed by atoms with Gasteiger partial charge < -0.3 is 9.47 Å². The highest BCUT2D eigenvalue weighted by atomic mass is 16.5. The molecule has 1 aromatic heterocycles. The number of hydrogen-bond acceptors (Lipinski definition) is 4. The third-order valence-corrected chi connectivity index (χ3v) is 2.80. The van der Waals surface area contributed by atoms with Gasteiger partial charge in [-0.1, -0.05) is 0 Å². The van der Waals surface area contributed by atoms with Crippen LogP contribution in [0, 0.1) is 18.3 Å². The molecule has 0 saturated carbocycles. The van der Waals surface area contributed by atoms with E-state index in [1.54, 1.807) is 6.07 Å². The standard InChI is InChI=1S/C13H16N2O2/c1-10-5-6-11(8-14)13(15-10)17-9-12-4-2-3-7-16-12/h5-6,12H,2-4,7,9H2,1H3. The highest BCUT2D eigenvalue weighted by Crippen LogP contribution is 2.18. The van der Waals surface area contributed by atoms with E-state index < -0.39 is 0 Å². The molecule has 4 heteroatoms. The maximum absolute atomic E-state index is 8.95. The van der Waals surface area contributed by atoms with Crippen molar-refractivity contribution in [3.63, 3.8) is 0 Å². The van der Waals surface area contributed by atoms with Crippen molar-refractivity contribution in [3.8, 4) is 11.9 Å². The van der Waals surface area contributed by atoms with Crippen LogP contribution in [-0.4, -0.2) is 24.3 Å². The monoisotopic (exact) mass is 232 g/mol. The molecule has 1 aliphatic rings. The van der Waals surface area contributed by atoms with Gasteiger partial charge in [-0.25, -0.2) is 4.98 Å². The molecule has 0 amide bonds. The fourth-order valence-electron chi connectivity index (χ4n) is 1.84. The van der Waals surface area contributed by atoms with Crippen LogP contribution >= 0.6 is 0 Å². The molecule has 1 fully saturated rings. The Labute approximate surface area is 101 Å². The molecule has 1 saturated heterocycles. The van der Waals surface area contributed by atoms with Crippen LogP contribution in [0.3, 0.4) is 0 Å². The normalized spacial score (nSPS) is 19.6. The molecule has 1 unspecified atom stereocenters. The van der Waals surface area contributed by atoms with Gasteiger partial charge in [-0.05, 0) is 38.3 Å². The highest BCUT2D eigenvalue weighted by Gasteiger charge is 2.15. The maximum Gasteiger partial charge on any atom is 0.231 e. The summed E-state index contributed by atoms with van der Waals surface area (Å²) in [6, 6.07) is 5.63. The van der Waals surface area contributed by atoms with E-state index in [0.717, 1.165) is 25.1 Å². The van der Waals surface area contributed by atoms with Gasteiger partial charge in [0.25, 0.3) is 0 Å². The molecule has 0 bridgehead atoms. The van der Waals surface area contributed by atoms with Gasteiger partial charge in [-0.15, -0.1) is 0 Å². The first kappa shape index (κ1) is 11.9. The number of nitrogens with zero attached hydrogens (tertiary/aromatic N) is 2. The van der Waals surface area contributed by atoms with Gasteiger partial charge in [-0.3, -0.25) is 0 Å². The number of aryl methyl sites for hydroxylation is 1. The number of ether oxygens (including phenoxy) is 2. The summed E-state index contributed by atoms with van der Waals surface area (Å²) in [5, 5.41) is 8.95. The molecular formula is C13H16N2O2. The third-order valence-electron chi connectivity index (χ3n) is 2.80. The van der Waals surface area contributed by atoms with Crippen molar-refractivity contribution in [1.29, 1.82) is 5.26 Å². The number of hydrogen-bond donors (Lipinski definition) is 0. The van der Waals surface area contributed by atoms with E-state index in [1.165, 1.54) is 6.42 Å². The van der Waals surface area contributed by atoms with Crippen molar-refractivity contribution in [2.24, 2.45) is 0 Å². The highest BCUT2D eigenvalue weighted by molar-refractivity contribution is 5.38. The summed E-state index contributed by atoms with van der Waals surface area (Å²) in [6.45, 7) is 3.16. The molecule has 0 radical (unpaired) electrons. The van der Waals surface area contributed by atoms with Gasteiger partial charge in [0, 0.05) is 12.3 Å². The van der Waals surface area contributed by atoms with Crippen molar-refractivity contribution in [3.05, 3.63) is 23.4 Å². The minimum absolute atomic E-state index is 0.137. The number of pyridine rings is 1. The second-order valence-electron chi connectivity index (χ2n) is 4.22. The molecular weight excluding hydrogens is 216 g/mol. The number of rotatable bonds is 3. The van der Waals surface area contributed by atoms with Gasteiger partial charge >= 0.3 is 0 Å². The molecule has 2 rings (SSSR count). The molecule has 0 spiro atoms. The van der Waals surface area contributed by atoms with E-state index in [9.17, 15) is 0 Å². The summed E-state index contributed by atoms with van der Waals surface area (Å²) in [4.78, 5) is 4.23. The predicted octanol–water partition coefficient (Wildman–Crippen LogP) is 2.21. The lowest BCUT2D eigenvalue weighted by Crippen LogP contribution is -2.26. The van der Waals surface area contributed by atoms with Gasteiger partial charge in [0.15, 0.2) is 0 Å². The Bertz CT molecular complexity index is 420. The summed E-state index contributed by atoms with van der Waals surface area (Å²) in [5.74, 6) is 0.418. The van der Waals surface area contributed by atoms with Gasteiger partial charge in [0.1, 0.15) is 18.2 Å². The average molecular weight is 232 g/mol. The van der Waals surface area contributed by atoms with Crippen molar-refractivity contribution < 1.29 is 9.47 Å². The molecule has 0 aliphatic carbocycles. The zero-order chi connectivity index (χ0) is 12.1. The lowest BCUT2D eigenvalue weighted by atomic mass is 10.1. The van der Waals surface area contributed by atoms with E-state index in [-0.39, 0.29) is 6.10 Å². The molecule has 0 aromatic carbocycles. The molecule has 1 atom stereocenters. The summed E-state index contributed by atoms with van der Waals surface area (Å²) in [7, 11) is 0. The molecule has 90 valence electrons. The largest absolute Gasteiger partial charge is 0.474 e. The Kier molecular flexibility index (Phi) is 3.94. The molecule has 17 heavy (non-hydrogen) atoms. The first-order chi connectivity index (χ1) is 8.29. The molecule has 0 N–H and O–H groups in total. The van der Waals surface area contributed by atoms with E-state index in [4.69, 9.17) is 14.7 Å². The van der Waals surface area contributed by atoms with Crippen LogP contribution in [0.1, 0.15) is 30.5 Å². The molecule has 1 aromatic rings. The topological polar surface area (TPSA) is 55.1 Å². The molecule has 1 aliphatic heterocycles. The van der Waals surface area contributed by atoms with Crippen LogP contribution in [0.4, 0.5) is 0 Å². The Hall–Kier alpha value is -1.60. The van der Waals surface area contributed by atoms with Crippen LogP contribution in [-0.2, 0) is 4.74 Å². The smallest absolute Gasteiger partial charge is 0.231 e. The van der Waals surface area contributed by atoms with E-state index >= 15 is 0 Å². The first-order valence-electron chi connectivity index (χ1n) is 5.92. The summed E-state index contributed by atoms with van der Waals surface area (Å²) < 4.78 is 11.2. The predicted molar refractivity (Wildman–Crippen MR) is 62.8 cm³/mol. The lowest BCUT2D eigenvalue weighted by Gasteiger charge is -2.22. The summed E-state index contributed by atoms with van der Waals surface area (Å²) in [6.07, 6.45) is 3.47. The van der Waals surface area contributed by atoms with Crippen LogP contribution in [0.2, 0.25) is 0 Å². The van der Waals surface area contributed by atoms with E-state index in [1.807, 2.05) is 13.0 Å². The Morgan fingerprint density at radius 1 is 1.53 bits per heavy atom. The van der Waals surface area contributed by atoms with Gasteiger partial charge in [-0.2, -0.15) is 5.26 Å². The Morgan fingerprint density at radius 2 is 2.41 bits per heavy atom.